The van der Waals surface area contributed by atoms with E-state index in [1.165, 1.54) is 14.0 Å². The Morgan fingerprint density at radius 3 is 2.31 bits per heavy atom. The summed E-state index contributed by atoms with van der Waals surface area (Å²) in [7, 11) is 1.17. The van der Waals surface area contributed by atoms with Crippen LogP contribution in [0, 0.1) is 6.92 Å². The van der Waals surface area contributed by atoms with Crippen molar-refractivity contribution >= 4 is 21.7 Å². The Morgan fingerprint density at radius 2 is 2.00 bits per heavy atom. The summed E-state index contributed by atoms with van der Waals surface area (Å²) in [5, 5.41) is 3.61. The van der Waals surface area contributed by atoms with Crippen LogP contribution in [0.5, 0.6) is 0 Å². The predicted octanol–water partition coefficient (Wildman–Crippen LogP) is 2.71. The van der Waals surface area contributed by atoms with Crippen LogP contribution in [0.4, 0.5) is 13.2 Å². The molecule has 16 heavy (non-hydrogen) atoms. The zero-order valence-electron chi connectivity index (χ0n) is 8.89. The van der Waals surface area contributed by atoms with Gasteiger partial charge >= 0.3 is 6.18 Å². The van der Waals surface area contributed by atoms with Gasteiger partial charge in [0.2, 0.25) is 0 Å². The van der Waals surface area contributed by atoms with Gasteiger partial charge in [0.1, 0.15) is 11.4 Å². The van der Waals surface area contributed by atoms with Crippen molar-refractivity contribution < 1.29 is 18.0 Å². The lowest BCUT2D eigenvalue weighted by Crippen LogP contribution is -2.13. The SMILES string of the molecule is Cc1c(C(=O)C(C)Br)nn(C)c1C(F)(F)F. The molecule has 0 spiro atoms. The minimum absolute atomic E-state index is 0.133. The van der Waals surface area contributed by atoms with Crippen LogP contribution >= 0.6 is 15.9 Å². The molecule has 7 heteroatoms. The molecule has 0 amide bonds. The fraction of sp³-hybridized carbons (Fsp3) is 0.556. The van der Waals surface area contributed by atoms with Gasteiger partial charge in [0.25, 0.3) is 0 Å². The zero-order valence-corrected chi connectivity index (χ0v) is 10.5. The first-order valence-corrected chi connectivity index (χ1v) is 5.37. The van der Waals surface area contributed by atoms with Crippen molar-refractivity contribution in [2.24, 2.45) is 7.05 Å². The molecule has 1 rings (SSSR count). The highest BCUT2D eigenvalue weighted by molar-refractivity contribution is 9.10. The first-order valence-electron chi connectivity index (χ1n) is 4.45. The third-order valence-corrected chi connectivity index (χ3v) is 2.56. The van der Waals surface area contributed by atoms with Crippen molar-refractivity contribution in [2.45, 2.75) is 24.9 Å². The normalized spacial score (nSPS) is 13.9. The Hall–Kier alpha value is -0.850. The first-order chi connectivity index (χ1) is 7.16. The number of carbonyl (C=O) groups excluding carboxylic acids is 1. The zero-order chi connectivity index (χ0) is 12.7. The maximum Gasteiger partial charge on any atom is 0.433 e. The number of aromatic nitrogens is 2. The lowest BCUT2D eigenvalue weighted by molar-refractivity contribution is -0.144. The minimum Gasteiger partial charge on any atom is -0.291 e. The van der Waals surface area contributed by atoms with Crippen molar-refractivity contribution in [3.63, 3.8) is 0 Å². The van der Waals surface area contributed by atoms with Crippen LogP contribution in [0.15, 0.2) is 0 Å². The van der Waals surface area contributed by atoms with Gasteiger partial charge in [-0.15, -0.1) is 0 Å². The quantitative estimate of drug-likeness (QED) is 0.621. The lowest BCUT2D eigenvalue weighted by atomic mass is 10.1. The third-order valence-electron chi connectivity index (χ3n) is 2.15. The number of rotatable bonds is 2. The van der Waals surface area contributed by atoms with E-state index in [9.17, 15) is 18.0 Å². The van der Waals surface area contributed by atoms with E-state index >= 15 is 0 Å². The number of aryl methyl sites for hydroxylation is 1. The average molecular weight is 299 g/mol. The predicted molar refractivity (Wildman–Crippen MR) is 55.7 cm³/mol. The molecule has 0 aliphatic rings. The van der Waals surface area contributed by atoms with Crippen molar-refractivity contribution in [1.29, 1.82) is 0 Å². The fourth-order valence-corrected chi connectivity index (χ4v) is 1.67. The topological polar surface area (TPSA) is 34.9 Å². The highest BCUT2D eigenvalue weighted by atomic mass is 79.9. The number of hydrogen-bond donors (Lipinski definition) is 0. The molecule has 1 atom stereocenters. The van der Waals surface area contributed by atoms with E-state index in [-0.39, 0.29) is 11.3 Å². The summed E-state index contributed by atoms with van der Waals surface area (Å²) in [4.78, 5) is 11.0. The molecule has 0 aliphatic carbocycles. The van der Waals surface area contributed by atoms with Gasteiger partial charge in [-0.3, -0.25) is 9.48 Å². The Labute approximate surface area is 98.8 Å². The standard InChI is InChI=1S/C9H10BrF3N2O/c1-4-6(7(16)5(2)10)14-15(3)8(4)9(11,12)13/h5H,1-3H3. The van der Waals surface area contributed by atoms with Crippen LogP contribution in [0.3, 0.4) is 0 Å². The largest absolute Gasteiger partial charge is 0.433 e. The highest BCUT2D eigenvalue weighted by Gasteiger charge is 2.38. The number of halogens is 4. The number of nitrogens with zero attached hydrogens (tertiary/aromatic N) is 2. The molecule has 0 fully saturated rings. The van der Waals surface area contributed by atoms with E-state index in [2.05, 4.69) is 21.0 Å². The van der Waals surface area contributed by atoms with E-state index in [0.717, 1.165) is 0 Å². The van der Waals surface area contributed by atoms with Gasteiger partial charge < -0.3 is 0 Å². The molecule has 90 valence electrons. The monoisotopic (exact) mass is 298 g/mol. The third kappa shape index (κ3) is 2.28. The van der Waals surface area contributed by atoms with E-state index in [1.54, 1.807) is 6.92 Å². The number of alkyl halides is 4. The molecule has 0 N–H and O–H groups in total. The van der Waals surface area contributed by atoms with Gasteiger partial charge in [0.15, 0.2) is 5.78 Å². The van der Waals surface area contributed by atoms with Crippen molar-refractivity contribution in [3.05, 3.63) is 17.0 Å². The molecule has 1 unspecified atom stereocenters. The van der Waals surface area contributed by atoms with Gasteiger partial charge in [-0.25, -0.2) is 0 Å². The fourth-order valence-electron chi connectivity index (χ4n) is 1.45. The second kappa shape index (κ2) is 4.20. The summed E-state index contributed by atoms with van der Waals surface area (Å²) in [5.41, 5.74) is -1.16. The van der Waals surface area contributed by atoms with E-state index in [4.69, 9.17) is 0 Å². The summed E-state index contributed by atoms with van der Waals surface area (Å²) in [5.74, 6) is -0.455. The Kier molecular flexibility index (Phi) is 3.47. The highest BCUT2D eigenvalue weighted by Crippen LogP contribution is 2.33. The second-order valence-corrected chi connectivity index (χ2v) is 4.80. The maximum absolute atomic E-state index is 12.6. The molecule has 0 saturated carbocycles. The van der Waals surface area contributed by atoms with Gasteiger partial charge in [0.05, 0.1) is 4.83 Å². The Balaban J connectivity index is 3.33. The van der Waals surface area contributed by atoms with Crippen LogP contribution in [0.2, 0.25) is 0 Å². The van der Waals surface area contributed by atoms with Gasteiger partial charge in [-0.1, -0.05) is 15.9 Å². The molecule has 3 nitrogen and oxygen atoms in total. The van der Waals surface area contributed by atoms with Crippen molar-refractivity contribution in [1.82, 2.24) is 9.78 Å². The van der Waals surface area contributed by atoms with E-state index < -0.39 is 22.5 Å². The molecule has 1 aromatic rings. The molecule has 0 radical (unpaired) electrons. The van der Waals surface area contributed by atoms with Gasteiger partial charge in [-0.2, -0.15) is 18.3 Å². The summed E-state index contributed by atoms with van der Waals surface area (Å²) < 4.78 is 38.5. The molecule has 0 aliphatic heterocycles. The van der Waals surface area contributed by atoms with Crippen LogP contribution in [-0.4, -0.2) is 20.4 Å². The van der Waals surface area contributed by atoms with Crippen LogP contribution in [0.25, 0.3) is 0 Å². The smallest absolute Gasteiger partial charge is 0.291 e. The van der Waals surface area contributed by atoms with Crippen molar-refractivity contribution in [3.8, 4) is 0 Å². The van der Waals surface area contributed by atoms with E-state index in [1.807, 2.05) is 0 Å². The summed E-state index contributed by atoms with van der Waals surface area (Å²) >= 11 is 3.01. The molecular formula is C9H10BrF3N2O. The summed E-state index contributed by atoms with van der Waals surface area (Å²) in [6.07, 6.45) is -4.50. The maximum atomic E-state index is 12.6. The Bertz CT molecular complexity index is 423. The average Bonchev–Trinajstić information content (AvgIpc) is 2.38. The molecule has 1 heterocycles. The first kappa shape index (κ1) is 13.2. The summed E-state index contributed by atoms with van der Waals surface area (Å²) in [6.45, 7) is 2.79. The van der Waals surface area contributed by atoms with Gasteiger partial charge in [0, 0.05) is 12.6 Å². The van der Waals surface area contributed by atoms with Crippen molar-refractivity contribution in [2.75, 3.05) is 0 Å². The number of carbonyl (C=O) groups is 1. The number of ketones is 1. The molecule has 0 saturated heterocycles. The van der Waals surface area contributed by atoms with Crippen LogP contribution in [-0.2, 0) is 13.2 Å². The Morgan fingerprint density at radius 1 is 1.50 bits per heavy atom. The molecule has 1 aromatic heterocycles. The molecular weight excluding hydrogens is 289 g/mol. The van der Waals surface area contributed by atoms with Crippen LogP contribution in [0.1, 0.15) is 28.7 Å². The van der Waals surface area contributed by atoms with E-state index in [0.29, 0.717) is 4.68 Å². The minimum atomic E-state index is -4.50. The molecule has 0 aromatic carbocycles. The lowest BCUT2D eigenvalue weighted by Gasteiger charge is -2.07. The number of Topliss-reactive ketones (excluding diaryl/α,β-unsaturated/α-hetero) is 1. The molecule has 0 bridgehead atoms. The summed E-state index contributed by atoms with van der Waals surface area (Å²) in [6, 6.07) is 0. The van der Waals surface area contributed by atoms with Gasteiger partial charge in [-0.05, 0) is 13.8 Å². The second-order valence-electron chi connectivity index (χ2n) is 3.42. The number of hydrogen-bond acceptors (Lipinski definition) is 2. The van der Waals surface area contributed by atoms with Crippen LogP contribution < -0.4 is 0 Å².